The summed E-state index contributed by atoms with van der Waals surface area (Å²) >= 11 is 0. The van der Waals surface area contributed by atoms with E-state index in [2.05, 4.69) is 0 Å². The van der Waals surface area contributed by atoms with E-state index < -0.39 is 8.80 Å². The molecule has 0 atom stereocenters. The summed E-state index contributed by atoms with van der Waals surface area (Å²) in [5.41, 5.74) is 5.48. The monoisotopic (exact) mass is 222 g/mol. The van der Waals surface area contributed by atoms with E-state index in [1.165, 1.54) is 0 Å². The van der Waals surface area contributed by atoms with Crippen LogP contribution in [-0.2, 0) is 13.3 Å². The normalized spacial score (nSPS) is 12.0. The Morgan fingerprint density at radius 2 is 1.43 bits per heavy atom. The number of rotatable bonds is 9. The Morgan fingerprint density at radius 3 is 1.71 bits per heavy atom. The molecule has 0 aromatic carbocycles. The summed E-state index contributed by atoms with van der Waals surface area (Å²) in [6.07, 6.45) is 0.895. The molecular formula is C9H24NO3Si+. The third-order valence-electron chi connectivity index (χ3n) is 1.78. The van der Waals surface area contributed by atoms with E-state index in [1.807, 2.05) is 20.8 Å². The highest BCUT2D eigenvalue weighted by Crippen LogP contribution is 2.17. The highest BCUT2D eigenvalue weighted by Gasteiger charge is 2.39. The molecule has 0 aliphatic rings. The van der Waals surface area contributed by atoms with Gasteiger partial charge >= 0.3 is 10.2 Å². The standard InChI is InChI=1S/C9H23NO3Si/c1-4-11-14(12-5-2,13-6-3)9-7-8-10/h4-10H2,1-3H3/p+1. The molecule has 0 heterocycles. The highest BCUT2D eigenvalue weighted by atomic mass is 28.4. The van der Waals surface area contributed by atoms with E-state index in [-0.39, 0.29) is 1.43 Å². The summed E-state index contributed by atoms with van der Waals surface area (Å²) in [7, 11) is -2.40. The van der Waals surface area contributed by atoms with Crippen LogP contribution in [0.2, 0.25) is 6.04 Å². The molecule has 0 aromatic rings. The summed E-state index contributed by atoms with van der Waals surface area (Å²) in [5, 5.41) is 0. The van der Waals surface area contributed by atoms with Crippen molar-refractivity contribution in [2.75, 3.05) is 26.4 Å². The van der Waals surface area contributed by atoms with Crippen LogP contribution in [-0.4, -0.2) is 35.2 Å². The van der Waals surface area contributed by atoms with Gasteiger partial charge in [-0.3, -0.25) is 0 Å². The predicted molar refractivity (Wildman–Crippen MR) is 60.2 cm³/mol. The van der Waals surface area contributed by atoms with Gasteiger partial charge < -0.3 is 19.0 Å². The Hall–Kier alpha value is 0.0569. The Morgan fingerprint density at radius 1 is 1.00 bits per heavy atom. The molecule has 0 aliphatic heterocycles. The highest BCUT2D eigenvalue weighted by molar-refractivity contribution is 6.60. The summed E-state index contributed by atoms with van der Waals surface area (Å²) in [4.78, 5) is 0. The van der Waals surface area contributed by atoms with Crippen molar-refractivity contribution in [3.63, 3.8) is 0 Å². The van der Waals surface area contributed by atoms with Crippen LogP contribution in [0.5, 0.6) is 0 Å². The fraction of sp³-hybridized carbons (Fsp3) is 1.00. The first kappa shape index (κ1) is 14.1. The average Bonchev–Trinajstić information content (AvgIpc) is 2.16. The minimum absolute atomic E-state index is 0. The van der Waals surface area contributed by atoms with Crippen molar-refractivity contribution >= 4 is 8.80 Å². The molecule has 14 heavy (non-hydrogen) atoms. The molecule has 0 unspecified atom stereocenters. The first-order valence-electron chi connectivity index (χ1n) is 5.36. The van der Waals surface area contributed by atoms with E-state index in [4.69, 9.17) is 19.0 Å². The molecular weight excluding hydrogens is 198 g/mol. The zero-order valence-corrected chi connectivity index (χ0v) is 10.5. The third-order valence-corrected chi connectivity index (χ3v) is 4.93. The van der Waals surface area contributed by atoms with Gasteiger partial charge in [-0.05, 0) is 33.7 Å². The van der Waals surface area contributed by atoms with Gasteiger partial charge in [0.2, 0.25) is 0 Å². The Kier molecular flexibility index (Phi) is 8.41. The minimum atomic E-state index is -2.40. The van der Waals surface area contributed by atoms with Crippen LogP contribution in [0.1, 0.15) is 28.6 Å². The average molecular weight is 222 g/mol. The largest absolute Gasteiger partial charge is 1.00 e. The van der Waals surface area contributed by atoms with Crippen molar-refractivity contribution in [2.24, 2.45) is 5.73 Å². The molecule has 86 valence electrons. The number of hydrogen-bond acceptors (Lipinski definition) is 4. The molecule has 2 N–H and O–H groups in total. The SMILES string of the molecule is CCO[Si](CCCN)(OCC)OCC.[H+]. The Balaban J connectivity index is 0. The molecule has 4 nitrogen and oxygen atoms in total. The lowest BCUT2D eigenvalue weighted by molar-refractivity contribution is 0.0710. The lowest BCUT2D eigenvalue weighted by Gasteiger charge is -2.28. The zero-order valence-electron chi connectivity index (χ0n) is 10.5. The van der Waals surface area contributed by atoms with Gasteiger partial charge in [-0.25, -0.2) is 0 Å². The first-order valence-corrected chi connectivity index (χ1v) is 7.29. The Labute approximate surface area is 89.6 Å². The first-order chi connectivity index (χ1) is 6.74. The van der Waals surface area contributed by atoms with E-state index in [0.29, 0.717) is 26.4 Å². The van der Waals surface area contributed by atoms with Gasteiger partial charge in [0, 0.05) is 25.9 Å². The van der Waals surface area contributed by atoms with Crippen LogP contribution >= 0.6 is 0 Å². The van der Waals surface area contributed by atoms with E-state index in [0.717, 1.165) is 12.5 Å². The van der Waals surface area contributed by atoms with Gasteiger partial charge in [-0.1, -0.05) is 0 Å². The lowest BCUT2D eigenvalue weighted by atomic mass is 10.5. The molecule has 0 radical (unpaired) electrons. The predicted octanol–water partition coefficient (Wildman–Crippen LogP) is 1.50. The fourth-order valence-corrected chi connectivity index (χ4v) is 3.96. The Bertz CT molecular complexity index is 124. The second-order valence-electron chi connectivity index (χ2n) is 2.87. The summed E-state index contributed by atoms with van der Waals surface area (Å²) in [5.74, 6) is 0. The van der Waals surface area contributed by atoms with Crippen molar-refractivity contribution in [2.45, 2.75) is 33.2 Å². The fourth-order valence-electron chi connectivity index (χ4n) is 1.32. The van der Waals surface area contributed by atoms with Crippen LogP contribution in [0, 0.1) is 0 Å². The molecule has 0 spiro atoms. The van der Waals surface area contributed by atoms with Crippen molar-refractivity contribution in [3.8, 4) is 0 Å². The van der Waals surface area contributed by atoms with E-state index in [1.54, 1.807) is 0 Å². The molecule has 0 saturated heterocycles. The van der Waals surface area contributed by atoms with E-state index in [9.17, 15) is 0 Å². The molecule has 5 heteroatoms. The van der Waals surface area contributed by atoms with Crippen LogP contribution < -0.4 is 5.73 Å². The summed E-state index contributed by atoms with van der Waals surface area (Å²) in [6.45, 7) is 8.44. The van der Waals surface area contributed by atoms with Crippen molar-refractivity contribution in [1.82, 2.24) is 0 Å². The molecule has 0 rings (SSSR count). The maximum atomic E-state index is 5.65. The second kappa shape index (κ2) is 8.37. The van der Waals surface area contributed by atoms with Gasteiger partial charge in [0.25, 0.3) is 0 Å². The molecule has 0 aliphatic carbocycles. The summed E-state index contributed by atoms with van der Waals surface area (Å²) < 4.78 is 17.0. The van der Waals surface area contributed by atoms with Gasteiger partial charge in [-0.15, -0.1) is 0 Å². The topological polar surface area (TPSA) is 53.7 Å². The van der Waals surface area contributed by atoms with Gasteiger partial charge in [0.1, 0.15) is 0 Å². The van der Waals surface area contributed by atoms with Crippen molar-refractivity contribution in [1.29, 1.82) is 0 Å². The maximum Gasteiger partial charge on any atom is 1.00 e. The summed E-state index contributed by atoms with van der Waals surface area (Å²) in [6, 6.07) is 0.818. The van der Waals surface area contributed by atoms with Crippen LogP contribution in [0.3, 0.4) is 0 Å². The lowest BCUT2D eigenvalue weighted by Crippen LogP contribution is -2.46. The van der Waals surface area contributed by atoms with Gasteiger partial charge in [0.05, 0.1) is 0 Å². The second-order valence-corrected chi connectivity index (χ2v) is 5.61. The molecule has 0 saturated carbocycles. The van der Waals surface area contributed by atoms with Crippen LogP contribution in [0.15, 0.2) is 0 Å². The molecule has 0 aromatic heterocycles. The number of hydrogen-bond donors (Lipinski definition) is 1. The van der Waals surface area contributed by atoms with Crippen LogP contribution in [0.25, 0.3) is 0 Å². The molecule has 0 bridgehead atoms. The number of nitrogens with two attached hydrogens (primary N) is 1. The van der Waals surface area contributed by atoms with E-state index >= 15 is 0 Å². The smallest absolute Gasteiger partial charge is 0.374 e. The van der Waals surface area contributed by atoms with Crippen molar-refractivity contribution < 1.29 is 14.7 Å². The third kappa shape index (κ3) is 5.07. The van der Waals surface area contributed by atoms with Gasteiger partial charge in [0.15, 0.2) is 0 Å². The maximum absolute atomic E-state index is 5.65. The minimum Gasteiger partial charge on any atom is -0.374 e. The molecule has 0 fully saturated rings. The quantitative estimate of drug-likeness (QED) is 0.601. The zero-order chi connectivity index (χ0) is 10.9. The van der Waals surface area contributed by atoms with Crippen LogP contribution in [0.4, 0.5) is 0 Å². The molecule has 0 amide bonds. The van der Waals surface area contributed by atoms with Gasteiger partial charge in [-0.2, -0.15) is 0 Å². The van der Waals surface area contributed by atoms with Crippen molar-refractivity contribution in [3.05, 3.63) is 0 Å².